The molecule has 0 radical (unpaired) electrons. The van der Waals surface area contributed by atoms with Gasteiger partial charge >= 0.3 is 0 Å². The number of halogens is 1. The fourth-order valence-electron chi connectivity index (χ4n) is 2.47. The normalized spacial score (nSPS) is 10.8. The highest BCUT2D eigenvalue weighted by Crippen LogP contribution is 2.27. The quantitative estimate of drug-likeness (QED) is 0.244. The number of hydrogen-bond acceptors (Lipinski definition) is 4. The molecule has 0 fully saturated rings. The van der Waals surface area contributed by atoms with Crippen molar-refractivity contribution in [3.05, 3.63) is 79.9 Å². The van der Waals surface area contributed by atoms with E-state index < -0.39 is 0 Å². The second-order valence-electron chi connectivity index (χ2n) is 5.21. The van der Waals surface area contributed by atoms with Gasteiger partial charge in [0.2, 0.25) is 0 Å². The zero-order valence-electron chi connectivity index (χ0n) is 13.2. The summed E-state index contributed by atoms with van der Waals surface area (Å²) < 4.78 is 1.50. The molecule has 0 saturated carbocycles. The summed E-state index contributed by atoms with van der Waals surface area (Å²) in [6.45, 7) is 0. The van der Waals surface area contributed by atoms with E-state index in [1.807, 2.05) is 12.1 Å². The Hall–Kier alpha value is -3.28. The molecular weight excluding hydrogens is 340 g/mol. The Labute approximate surface area is 147 Å². The molecule has 0 atom stereocenters. The van der Waals surface area contributed by atoms with E-state index in [2.05, 4.69) is 20.6 Å². The van der Waals surface area contributed by atoms with Crippen LogP contribution in [0.15, 0.2) is 63.5 Å². The minimum absolute atomic E-state index is 0.209. The topological polar surface area (TPSA) is 95.1 Å². The van der Waals surface area contributed by atoms with Crippen LogP contribution in [0.5, 0.6) is 0 Å². The number of azide groups is 1. The van der Waals surface area contributed by atoms with Gasteiger partial charge in [-0.2, -0.15) is 5.10 Å². The van der Waals surface area contributed by atoms with Crippen LogP contribution in [0, 0.1) is 0 Å². The summed E-state index contributed by atoms with van der Waals surface area (Å²) in [6.07, 6.45) is 1.35. The minimum Gasteiger partial charge on any atom is -0.311 e. The lowest BCUT2D eigenvalue weighted by atomic mass is 10.1. The lowest BCUT2D eigenvalue weighted by Gasteiger charge is -2.10. The first kappa shape index (κ1) is 16.6. The zero-order valence-corrected chi connectivity index (χ0v) is 14.0. The van der Waals surface area contributed by atoms with Gasteiger partial charge in [0.25, 0.3) is 5.56 Å². The monoisotopic (exact) mass is 352 g/mol. The van der Waals surface area contributed by atoms with E-state index in [9.17, 15) is 4.79 Å². The van der Waals surface area contributed by atoms with Crippen molar-refractivity contribution in [3.8, 4) is 0 Å². The fourth-order valence-corrected chi connectivity index (χ4v) is 2.59. The number of nitrogens with zero attached hydrogens (tertiary/aromatic N) is 5. The van der Waals surface area contributed by atoms with Crippen LogP contribution in [0.3, 0.4) is 0 Å². The third-order valence-electron chi connectivity index (χ3n) is 3.69. The summed E-state index contributed by atoms with van der Waals surface area (Å²) in [5.74, 6) is 0. The number of fused-ring (bicyclic) bond motifs is 1. The van der Waals surface area contributed by atoms with Crippen LogP contribution in [-0.4, -0.2) is 10.8 Å². The van der Waals surface area contributed by atoms with E-state index >= 15 is 0 Å². The molecule has 2 aromatic carbocycles. The molecule has 3 aromatic rings. The molecule has 124 valence electrons. The SMILES string of the molecule is Cn1c(=O)c(/C=N/Nc2ccc(Cl)cc2)c(N=[N+]=[N-])c2ccccc21. The molecule has 25 heavy (non-hydrogen) atoms. The van der Waals surface area contributed by atoms with Crippen LogP contribution in [0.1, 0.15) is 5.56 Å². The lowest BCUT2D eigenvalue weighted by molar-refractivity contribution is 0.903. The van der Waals surface area contributed by atoms with Crippen LogP contribution >= 0.6 is 11.6 Å². The van der Waals surface area contributed by atoms with Crippen LogP contribution in [-0.2, 0) is 7.05 Å². The molecule has 3 rings (SSSR count). The Morgan fingerprint density at radius 3 is 2.64 bits per heavy atom. The van der Waals surface area contributed by atoms with E-state index in [4.69, 9.17) is 17.1 Å². The van der Waals surface area contributed by atoms with Crippen molar-refractivity contribution in [1.82, 2.24) is 4.57 Å². The predicted molar refractivity (Wildman–Crippen MR) is 101 cm³/mol. The second-order valence-corrected chi connectivity index (χ2v) is 5.65. The van der Waals surface area contributed by atoms with Crippen LogP contribution < -0.4 is 11.0 Å². The maximum absolute atomic E-state index is 12.6. The molecule has 1 heterocycles. The second kappa shape index (κ2) is 7.09. The third-order valence-corrected chi connectivity index (χ3v) is 3.94. The number of aryl methyl sites for hydroxylation is 1. The van der Waals surface area contributed by atoms with E-state index in [1.54, 1.807) is 43.4 Å². The molecule has 7 nitrogen and oxygen atoms in total. The molecule has 0 aliphatic heterocycles. The summed E-state index contributed by atoms with van der Waals surface area (Å²) in [7, 11) is 1.66. The highest BCUT2D eigenvalue weighted by atomic mass is 35.5. The van der Waals surface area contributed by atoms with Crippen molar-refractivity contribution in [2.45, 2.75) is 0 Å². The van der Waals surface area contributed by atoms with Gasteiger partial charge in [-0.25, -0.2) is 0 Å². The Morgan fingerprint density at radius 1 is 1.20 bits per heavy atom. The first-order valence-electron chi connectivity index (χ1n) is 7.33. The number of rotatable bonds is 4. The molecule has 0 aliphatic carbocycles. The maximum atomic E-state index is 12.6. The molecule has 8 heteroatoms. The fraction of sp³-hybridized carbons (Fsp3) is 0.0588. The highest BCUT2D eigenvalue weighted by Gasteiger charge is 2.12. The highest BCUT2D eigenvalue weighted by molar-refractivity contribution is 6.30. The number of benzene rings is 2. The molecule has 1 N–H and O–H groups in total. The maximum Gasteiger partial charge on any atom is 0.260 e. The van der Waals surface area contributed by atoms with E-state index in [0.29, 0.717) is 21.6 Å². The largest absolute Gasteiger partial charge is 0.311 e. The average molecular weight is 353 g/mol. The minimum atomic E-state index is -0.303. The Bertz CT molecular complexity index is 1060. The number of hydrazone groups is 1. The molecule has 0 saturated heterocycles. The molecule has 1 aromatic heterocycles. The van der Waals surface area contributed by atoms with E-state index in [0.717, 1.165) is 0 Å². The average Bonchev–Trinajstić information content (AvgIpc) is 2.63. The van der Waals surface area contributed by atoms with Gasteiger partial charge in [-0.3, -0.25) is 10.2 Å². The van der Waals surface area contributed by atoms with Crippen molar-refractivity contribution in [2.24, 2.45) is 17.3 Å². The number of pyridine rings is 1. The molecule has 0 spiro atoms. The number of aromatic nitrogens is 1. The van der Waals surface area contributed by atoms with E-state index in [1.165, 1.54) is 10.8 Å². The van der Waals surface area contributed by atoms with Gasteiger partial charge in [0, 0.05) is 22.4 Å². The standard InChI is InChI=1S/C17H13ClN6O/c1-24-15-5-3-2-4-13(15)16(22-23-19)14(17(24)25)10-20-21-12-8-6-11(18)7-9-12/h2-10,21H,1H3/b20-10+. The molecule has 0 bridgehead atoms. The molecule has 0 unspecified atom stereocenters. The summed E-state index contributed by atoms with van der Waals surface area (Å²) >= 11 is 5.83. The smallest absolute Gasteiger partial charge is 0.260 e. The number of hydrogen-bond donors (Lipinski definition) is 1. The zero-order chi connectivity index (χ0) is 17.8. The van der Waals surface area contributed by atoms with Gasteiger partial charge in [-0.05, 0) is 35.9 Å². The lowest BCUT2D eigenvalue weighted by Crippen LogP contribution is -2.21. The van der Waals surface area contributed by atoms with Gasteiger partial charge in [-0.15, -0.1) is 0 Å². The van der Waals surface area contributed by atoms with Crippen LogP contribution in [0.4, 0.5) is 11.4 Å². The third kappa shape index (κ3) is 3.33. The summed E-state index contributed by atoms with van der Waals surface area (Å²) in [5, 5.41) is 9.07. The first-order chi connectivity index (χ1) is 12.1. The molecular formula is C17H13ClN6O. The molecule has 0 amide bonds. The summed E-state index contributed by atoms with van der Waals surface area (Å²) in [6, 6.07) is 14.2. The Morgan fingerprint density at radius 2 is 1.92 bits per heavy atom. The van der Waals surface area contributed by atoms with Gasteiger partial charge in [0.05, 0.1) is 28.7 Å². The summed E-state index contributed by atoms with van der Waals surface area (Å²) in [4.78, 5) is 15.5. The first-order valence-corrected chi connectivity index (χ1v) is 7.71. The van der Waals surface area contributed by atoms with Crippen molar-refractivity contribution < 1.29 is 0 Å². The summed E-state index contributed by atoms with van der Waals surface area (Å²) in [5.41, 5.74) is 13.2. The van der Waals surface area contributed by atoms with E-state index in [-0.39, 0.29) is 16.8 Å². The van der Waals surface area contributed by atoms with Gasteiger partial charge in [0.1, 0.15) is 0 Å². The number of nitrogens with one attached hydrogen (secondary N) is 1. The van der Waals surface area contributed by atoms with Gasteiger partial charge in [0.15, 0.2) is 0 Å². The van der Waals surface area contributed by atoms with Crippen LogP contribution in [0.25, 0.3) is 21.3 Å². The van der Waals surface area contributed by atoms with Crippen molar-refractivity contribution in [3.63, 3.8) is 0 Å². The van der Waals surface area contributed by atoms with Gasteiger partial charge < -0.3 is 4.57 Å². The Balaban J connectivity index is 2.08. The van der Waals surface area contributed by atoms with Crippen molar-refractivity contribution in [2.75, 3.05) is 5.43 Å². The number of para-hydroxylation sites is 1. The van der Waals surface area contributed by atoms with Gasteiger partial charge in [-0.1, -0.05) is 34.9 Å². The Kier molecular flexibility index (Phi) is 4.70. The molecule has 0 aliphatic rings. The van der Waals surface area contributed by atoms with Crippen LogP contribution in [0.2, 0.25) is 5.02 Å². The predicted octanol–water partition coefficient (Wildman–Crippen LogP) is 4.58. The van der Waals surface area contributed by atoms with Crippen molar-refractivity contribution >= 4 is 40.1 Å². The number of anilines is 1. The van der Waals surface area contributed by atoms with Crippen molar-refractivity contribution in [1.29, 1.82) is 0 Å².